The van der Waals surface area contributed by atoms with E-state index in [-0.39, 0.29) is 30.4 Å². The van der Waals surface area contributed by atoms with Crippen molar-refractivity contribution in [2.45, 2.75) is 19.4 Å². The average molecular weight is 428 g/mol. The number of nitrogens with zero attached hydrogens (tertiary/aromatic N) is 3. The molecule has 2 aromatic rings. The molecule has 1 aliphatic rings. The molecule has 29 heavy (non-hydrogen) atoms. The molecule has 156 valence electrons. The molecule has 0 aliphatic carbocycles. The second kappa shape index (κ2) is 7.78. The van der Waals surface area contributed by atoms with Gasteiger partial charge in [0.1, 0.15) is 11.6 Å². The molecule has 9 nitrogen and oxygen atoms in total. The van der Waals surface area contributed by atoms with Crippen molar-refractivity contribution in [2.24, 2.45) is 7.05 Å². The Bertz CT molecular complexity index is 1130. The molecule has 2 N–H and O–H groups in total. The summed E-state index contributed by atoms with van der Waals surface area (Å²) in [6, 6.07) is 2.79. The zero-order chi connectivity index (χ0) is 21.3. The highest BCUT2D eigenvalue weighted by atomic mass is 32.2. The minimum Gasteiger partial charge on any atom is -0.501 e. The Morgan fingerprint density at radius 1 is 1.31 bits per heavy atom. The van der Waals surface area contributed by atoms with E-state index < -0.39 is 44.6 Å². The Kier molecular flexibility index (Phi) is 5.55. The van der Waals surface area contributed by atoms with Gasteiger partial charge in [0.15, 0.2) is 5.69 Å². The first-order chi connectivity index (χ1) is 13.6. The van der Waals surface area contributed by atoms with Crippen LogP contribution < -0.4 is 15.2 Å². The fourth-order valence-corrected chi connectivity index (χ4v) is 4.51. The van der Waals surface area contributed by atoms with E-state index in [1.807, 2.05) is 0 Å². The number of carbonyl (C=O) groups excluding carboxylic acids is 1. The summed E-state index contributed by atoms with van der Waals surface area (Å²) in [5.41, 5.74) is -1.72. The lowest BCUT2D eigenvalue weighted by atomic mass is 10.2. The van der Waals surface area contributed by atoms with E-state index in [1.165, 1.54) is 7.05 Å². The molecule has 0 bridgehead atoms. The predicted molar refractivity (Wildman–Crippen MR) is 99.0 cm³/mol. The van der Waals surface area contributed by atoms with E-state index in [4.69, 9.17) is 0 Å². The molecule has 1 fully saturated rings. The van der Waals surface area contributed by atoms with Gasteiger partial charge in [-0.3, -0.25) is 14.2 Å². The second-order valence-corrected chi connectivity index (χ2v) is 8.50. The molecular weight excluding hydrogens is 410 g/mol. The number of aromatic hydroxyl groups is 1. The van der Waals surface area contributed by atoms with Gasteiger partial charge in [0.25, 0.3) is 11.5 Å². The Labute approximate surface area is 164 Å². The van der Waals surface area contributed by atoms with Gasteiger partial charge < -0.3 is 10.4 Å². The summed E-state index contributed by atoms with van der Waals surface area (Å²) in [5, 5.41) is 12.3. The number of hydrogen-bond donors (Lipinski definition) is 2. The Hall–Kier alpha value is -3.02. The molecule has 1 amide bonds. The van der Waals surface area contributed by atoms with Crippen LogP contribution in [0.15, 0.2) is 23.0 Å². The normalized spacial score (nSPS) is 15.9. The third-order valence-corrected chi connectivity index (χ3v) is 6.31. The summed E-state index contributed by atoms with van der Waals surface area (Å²) < 4.78 is 53.1. The van der Waals surface area contributed by atoms with Crippen LogP contribution in [0.5, 0.6) is 5.75 Å². The molecular formula is C17H18F2N4O5S. The van der Waals surface area contributed by atoms with Crippen molar-refractivity contribution in [3.8, 4) is 5.75 Å². The number of carbonyl (C=O) groups is 1. The van der Waals surface area contributed by atoms with Crippen molar-refractivity contribution in [2.75, 3.05) is 16.6 Å². The van der Waals surface area contributed by atoms with Gasteiger partial charge in [-0.2, -0.15) is 0 Å². The van der Waals surface area contributed by atoms with Gasteiger partial charge >= 0.3 is 0 Å². The van der Waals surface area contributed by atoms with Crippen LogP contribution in [0.4, 0.5) is 14.7 Å². The average Bonchev–Trinajstić information content (AvgIpc) is 2.66. The van der Waals surface area contributed by atoms with Gasteiger partial charge in [-0.1, -0.05) is 6.07 Å². The molecule has 1 aromatic heterocycles. The maximum atomic E-state index is 13.7. The molecule has 0 atom stereocenters. The monoisotopic (exact) mass is 428 g/mol. The Morgan fingerprint density at radius 2 is 2.03 bits per heavy atom. The molecule has 0 saturated carbocycles. The highest BCUT2D eigenvalue weighted by Gasteiger charge is 2.31. The summed E-state index contributed by atoms with van der Waals surface area (Å²) in [6.07, 6.45) is 1.00. The fraction of sp³-hybridized carbons (Fsp3) is 0.353. The Morgan fingerprint density at radius 3 is 2.69 bits per heavy atom. The molecule has 2 heterocycles. The third kappa shape index (κ3) is 4.06. The van der Waals surface area contributed by atoms with Crippen molar-refractivity contribution in [3.05, 3.63) is 51.4 Å². The number of nitrogens with one attached hydrogen (secondary N) is 1. The molecule has 3 rings (SSSR count). The van der Waals surface area contributed by atoms with Gasteiger partial charge in [0.05, 0.1) is 5.75 Å². The van der Waals surface area contributed by atoms with Crippen LogP contribution in [0.3, 0.4) is 0 Å². The van der Waals surface area contributed by atoms with Crippen LogP contribution in [0.25, 0.3) is 0 Å². The number of hydrogen-bond acceptors (Lipinski definition) is 6. The van der Waals surface area contributed by atoms with E-state index in [2.05, 4.69) is 10.3 Å². The first-order valence-corrected chi connectivity index (χ1v) is 10.3. The van der Waals surface area contributed by atoms with Crippen molar-refractivity contribution in [3.63, 3.8) is 0 Å². The van der Waals surface area contributed by atoms with Crippen molar-refractivity contribution in [1.29, 1.82) is 0 Å². The zero-order valence-electron chi connectivity index (χ0n) is 15.4. The molecule has 1 saturated heterocycles. The van der Waals surface area contributed by atoms with Gasteiger partial charge in [0.2, 0.25) is 21.7 Å². The highest BCUT2D eigenvalue weighted by Crippen LogP contribution is 2.22. The van der Waals surface area contributed by atoms with E-state index in [0.29, 0.717) is 18.9 Å². The quantitative estimate of drug-likeness (QED) is 0.737. The maximum absolute atomic E-state index is 13.7. The van der Waals surface area contributed by atoms with Crippen LogP contribution in [-0.4, -0.2) is 41.3 Å². The summed E-state index contributed by atoms with van der Waals surface area (Å²) in [4.78, 5) is 28.6. The van der Waals surface area contributed by atoms with Crippen LogP contribution in [0.1, 0.15) is 28.9 Å². The minimum atomic E-state index is -3.72. The number of anilines is 1. The molecule has 1 aliphatic heterocycles. The van der Waals surface area contributed by atoms with Gasteiger partial charge in [0, 0.05) is 31.8 Å². The predicted octanol–water partition coefficient (Wildman–Crippen LogP) is 0.624. The van der Waals surface area contributed by atoms with Crippen LogP contribution in [0, 0.1) is 11.6 Å². The molecule has 0 spiro atoms. The fourth-order valence-electron chi connectivity index (χ4n) is 2.90. The molecule has 0 radical (unpaired) electrons. The van der Waals surface area contributed by atoms with Gasteiger partial charge in [-0.15, -0.1) is 0 Å². The number of halogens is 2. The standard InChI is InChI=1S/C17H18F2N4O5S/c1-22-16(26)14(24)13(21-17(22)23-6-2-3-7-29(23,27)28)15(25)20-9-10-4-5-11(18)8-12(10)19/h4-5,8,24H,2-3,6-7,9H2,1H3,(H,20,25). The number of benzene rings is 1. The summed E-state index contributed by atoms with van der Waals surface area (Å²) in [6.45, 7) is -0.284. The topological polar surface area (TPSA) is 122 Å². The minimum absolute atomic E-state index is 0.0260. The summed E-state index contributed by atoms with van der Waals surface area (Å²) >= 11 is 0. The largest absolute Gasteiger partial charge is 0.501 e. The molecule has 1 aromatic carbocycles. The first kappa shape index (κ1) is 20.7. The van der Waals surface area contributed by atoms with Gasteiger partial charge in [-0.25, -0.2) is 26.5 Å². The summed E-state index contributed by atoms with van der Waals surface area (Å²) in [5.74, 6) is -4.08. The lowest BCUT2D eigenvalue weighted by Gasteiger charge is -2.28. The van der Waals surface area contributed by atoms with E-state index in [0.717, 1.165) is 21.0 Å². The van der Waals surface area contributed by atoms with Crippen molar-refractivity contribution in [1.82, 2.24) is 14.9 Å². The van der Waals surface area contributed by atoms with Crippen molar-refractivity contribution >= 4 is 21.9 Å². The lowest BCUT2D eigenvalue weighted by molar-refractivity contribution is 0.0942. The van der Waals surface area contributed by atoms with E-state index in [1.54, 1.807) is 0 Å². The van der Waals surface area contributed by atoms with Crippen LogP contribution >= 0.6 is 0 Å². The number of amides is 1. The first-order valence-electron chi connectivity index (χ1n) is 8.64. The van der Waals surface area contributed by atoms with E-state index >= 15 is 0 Å². The summed E-state index contributed by atoms with van der Waals surface area (Å²) in [7, 11) is -2.50. The van der Waals surface area contributed by atoms with Crippen LogP contribution in [-0.2, 0) is 23.6 Å². The smallest absolute Gasteiger partial charge is 0.297 e. The lowest BCUT2D eigenvalue weighted by Crippen LogP contribution is -2.42. The number of aromatic nitrogens is 2. The molecule has 0 unspecified atom stereocenters. The maximum Gasteiger partial charge on any atom is 0.297 e. The second-order valence-electron chi connectivity index (χ2n) is 6.49. The van der Waals surface area contributed by atoms with E-state index in [9.17, 15) is 31.9 Å². The Balaban J connectivity index is 1.93. The highest BCUT2D eigenvalue weighted by molar-refractivity contribution is 7.92. The molecule has 12 heteroatoms. The SMILES string of the molecule is Cn1c(N2CCCCS2(=O)=O)nc(C(=O)NCc2ccc(F)cc2F)c(O)c1=O. The third-order valence-electron chi connectivity index (χ3n) is 4.49. The van der Waals surface area contributed by atoms with Crippen molar-refractivity contribution < 1.29 is 27.1 Å². The number of sulfonamides is 1. The number of rotatable bonds is 4. The zero-order valence-corrected chi connectivity index (χ0v) is 16.2. The van der Waals surface area contributed by atoms with Crippen LogP contribution in [0.2, 0.25) is 0 Å². The van der Waals surface area contributed by atoms with Gasteiger partial charge in [-0.05, 0) is 18.9 Å².